The van der Waals surface area contributed by atoms with E-state index < -0.39 is 95.0 Å². The first-order valence-corrected chi connectivity index (χ1v) is 26.8. The van der Waals surface area contributed by atoms with E-state index >= 15 is 14.4 Å². The Labute approximate surface area is 455 Å². The van der Waals surface area contributed by atoms with Crippen LogP contribution in [0.3, 0.4) is 0 Å². The van der Waals surface area contributed by atoms with Crippen LogP contribution in [0.2, 0.25) is 0 Å². The van der Waals surface area contributed by atoms with Gasteiger partial charge in [-0.05, 0) is 105 Å². The van der Waals surface area contributed by atoms with Crippen LogP contribution in [0.1, 0.15) is 90.8 Å². The van der Waals surface area contributed by atoms with E-state index in [4.69, 9.17) is 4.74 Å². The number of para-hydroxylation sites is 1. The molecule has 2 fully saturated rings. The van der Waals surface area contributed by atoms with Gasteiger partial charge in [-0.1, -0.05) is 70.2 Å². The predicted molar refractivity (Wildman–Crippen MR) is 295 cm³/mol. The van der Waals surface area contributed by atoms with Crippen molar-refractivity contribution in [1.82, 2.24) is 50.5 Å². The van der Waals surface area contributed by atoms with Crippen molar-refractivity contribution in [3.05, 3.63) is 114 Å². The van der Waals surface area contributed by atoms with Gasteiger partial charge in [0.2, 0.25) is 41.4 Å². The Balaban J connectivity index is 1.36. The molecule has 0 unspecified atom stereocenters. The molecule has 2 bridgehead atoms. The summed E-state index contributed by atoms with van der Waals surface area (Å²) in [6.07, 6.45) is 6.12. The fourth-order valence-corrected chi connectivity index (χ4v) is 10.5. The summed E-state index contributed by atoms with van der Waals surface area (Å²) in [7, 11) is 4.42. The zero-order chi connectivity index (χ0) is 56.7. The normalized spacial score (nSPS) is 22.8. The Morgan fingerprint density at radius 1 is 0.744 bits per heavy atom. The number of carbonyl (C=O) groups is 7. The molecule has 7 rings (SSSR count). The van der Waals surface area contributed by atoms with Crippen molar-refractivity contribution in [3.63, 3.8) is 0 Å². The fourth-order valence-electron chi connectivity index (χ4n) is 10.5. The number of hydrogen-bond acceptors (Lipinski definition) is 10. The number of carbonyl (C=O) groups excluding carboxylic acids is 7. The first kappa shape index (κ1) is 58.0. The molecule has 0 spiro atoms. The largest absolute Gasteiger partial charge is 0.467 e. The number of piperidine rings is 1. The highest BCUT2D eigenvalue weighted by atomic mass is 19.1. The number of benzene rings is 3. The monoisotopic (exact) mass is 1070 g/mol. The van der Waals surface area contributed by atoms with E-state index in [1.165, 1.54) is 67.1 Å². The Kier molecular flexibility index (Phi) is 18.4. The van der Waals surface area contributed by atoms with Gasteiger partial charge < -0.3 is 45.3 Å². The van der Waals surface area contributed by atoms with E-state index in [2.05, 4.69) is 37.8 Å². The molecule has 7 amide bonds. The number of ether oxygens (including phenoxy) is 1. The lowest BCUT2D eigenvalue weighted by atomic mass is 9.95. The van der Waals surface area contributed by atoms with Crippen LogP contribution in [0.25, 0.3) is 21.8 Å². The molecule has 19 heteroatoms. The second-order valence-corrected chi connectivity index (χ2v) is 22.2. The van der Waals surface area contributed by atoms with Crippen molar-refractivity contribution < 1.29 is 42.7 Å². The minimum absolute atomic E-state index is 0.0596. The molecule has 78 heavy (non-hydrogen) atoms. The Morgan fingerprint density at radius 3 is 2.00 bits per heavy atom. The molecule has 0 saturated carbocycles. The SMILES string of the molecule is C=CC(C)(C)n1cc(C[C@@H]2NC(=O)[C@H](Cc3ccc(F)cc3)NC(=O)[C@H](CC(C)C)N3CCC[C@@H](C3=O)N(C)C(=O)[C@H](C)NC(=O)[C@H](Cc3ccc4nc(OC)ncc4c3)NC(=O)[C@H](CC(C)C)N(C)C2=O)c2ccccc21. The fraction of sp³-hybridized carbons (Fsp3) is 0.475. The average Bonchev–Trinajstić information content (AvgIpc) is 3.83. The van der Waals surface area contributed by atoms with Gasteiger partial charge in [0, 0.05) is 68.6 Å². The molecule has 7 atom stereocenters. The van der Waals surface area contributed by atoms with Gasteiger partial charge in [0.1, 0.15) is 48.1 Å². The number of hydrogen-bond donors (Lipinski definition) is 4. The molecule has 2 aromatic heterocycles. The lowest BCUT2D eigenvalue weighted by molar-refractivity contribution is -0.153. The Bertz CT molecular complexity index is 3050. The third-order valence-corrected chi connectivity index (χ3v) is 15.0. The molecule has 416 valence electrons. The van der Waals surface area contributed by atoms with E-state index in [0.717, 1.165) is 10.9 Å². The van der Waals surface area contributed by atoms with Crippen LogP contribution in [-0.4, -0.2) is 141 Å². The van der Waals surface area contributed by atoms with Crippen molar-refractivity contribution in [1.29, 1.82) is 0 Å². The van der Waals surface area contributed by atoms with Crippen molar-refractivity contribution >= 4 is 63.2 Å². The van der Waals surface area contributed by atoms with Crippen molar-refractivity contribution in [2.75, 3.05) is 27.7 Å². The van der Waals surface area contributed by atoms with Gasteiger partial charge in [0.25, 0.3) is 0 Å². The summed E-state index contributed by atoms with van der Waals surface area (Å²) in [6, 6.07) is 10.2. The summed E-state index contributed by atoms with van der Waals surface area (Å²) in [5.41, 5.74) is 2.66. The molecule has 5 aromatic rings. The molecule has 2 saturated heterocycles. The minimum atomic E-state index is -1.36. The van der Waals surface area contributed by atoms with Crippen molar-refractivity contribution in [3.8, 4) is 6.01 Å². The number of fused-ring (bicyclic) bond motifs is 4. The second kappa shape index (κ2) is 24.7. The molecule has 0 aliphatic carbocycles. The lowest BCUT2D eigenvalue weighted by Crippen LogP contribution is -2.62. The smallest absolute Gasteiger partial charge is 0.316 e. The number of aromatic nitrogens is 3. The topological polar surface area (TPSA) is 217 Å². The maximum atomic E-state index is 15.5. The van der Waals surface area contributed by atoms with Gasteiger partial charge in [0.15, 0.2) is 0 Å². The Hall–Kier alpha value is -7.70. The average molecular weight is 1070 g/mol. The predicted octanol–water partition coefficient (Wildman–Crippen LogP) is 5.39. The van der Waals surface area contributed by atoms with Gasteiger partial charge in [-0.15, -0.1) is 6.58 Å². The third-order valence-electron chi connectivity index (χ3n) is 15.0. The van der Waals surface area contributed by atoms with Gasteiger partial charge in [-0.2, -0.15) is 4.98 Å². The molecular formula is C59H75FN10O8. The molecule has 2 aliphatic rings. The molecule has 4 N–H and O–H groups in total. The Morgan fingerprint density at radius 2 is 1.35 bits per heavy atom. The van der Waals surface area contributed by atoms with Gasteiger partial charge in [0.05, 0.1) is 18.2 Å². The van der Waals surface area contributed by atoms with Crippen LogP contribution in [0.4, 0.5) is 4.39 Å². The van der Waals surface area contributed by atoms with Crippen molar-refractivity contribution in [2.45, 2.75) is 141 Å². The first-order valence-electron chi connectivity index (χ1n) is 26.8. The number of allylic oxidation sites excluding steroid dienone is 1. The second-order valence-electron chi connectivity index (χ2n) is 22.2. The maximum absolute atomic E-state index is 15.5. The van der Waals surface area contributed by atoms with Crippen LogP contribution in [0.15, 0.2) is 91.8 Å². The number of nitrogens with zero attached hydrogens (tertiary/aromatic N) is 6. The maximum Gasteiger partial charge on any atom is 0.316 e. The van der Waals surface area contributed by atoms with Crippen LogP contribution >= 0.6 is 0 Å². The first-order chi connectivity index (χ1) is 37.0. The molecular weight excluding hydrogens is 996 g/mol. The number of methoxy groups -OCH3 is 1. The summed E-state index contributed by atoms with van der Waals surface area (Å²) < 4.78 is 21.6. The van der Waals surface area contributed by atoms with Crippen molar-refractivity contribution in [2.24, 2.45) is 11.8 Å². The van der Waals surface area contributed by atoms with E-state index in [9.17, 15) is 23.6 Å². The summed E-state index contributed by atoms with van der Waals surface area (Å²) in [6.45, 7) is 17.4. The summed E-state index contributed by atoms with van der Waals surface area (Å²) >= 11 is 0. The zero-order valence-corrected chi connectivity index (χ0v) is 46.5. The molecule has 0 radical (unpaired) electrons. The number of halogens is 1. The molecule has 2 aliphatic heterocycles. The molecule has 18 nitrogen and oxygen atoms in total. The van der Waals surface area contributed by atoms with Crippen LogP contribution in [-0.2, 0) is 58.4 Å². The molecule has 3 aromatic carbocycles. The van der Waals surface area contributed by atoms with Crippen LogP contribution < -0.4 is 26.0 Å². The number of likely N-dealkylation sites (N-methyl/N-ethyl adjacent to an activating group) is 2. The summed E-state index contributed by atoms with van der Waals surface area (Å²) in [4.78, 5) is 117. The highest BCUT2D eigenvalue weighted by molar-refractivity contribution is 5.99. The minimum Gasteiger partial charge on any atom is -0.467 e. The lowest BCUT2D eigenvalue weighted by Gasteiger charge is -2.41. The summed E-state index contributed by atoms with van der Waals surface area (Å²) in [5, 5.41) is 13.1. The highest BCUT2D eigenvalue weighted by Crippen LogP contribution is 2.30. The number of amides is 7. The van der Waals surface area contributed by atoms with E-state index in [0.29, 0.717) is 34.0 Å². The summed E-state index contributed by atoms with van der Waals surface area (Å²) in [5.74, 6) is -5.22. The van der Waals surface area contributed by atoms with Gasteiger partial charge in [-0.3, -0.25) is 33.6 Å². The molecule has 4 heterocycles. The quantitative estimate of drug-likeness (QED) is 0.110. The number of rotatable bonds is 13. The van der Waals surface area contributed by atoms with Gasteiger partial charge in [-0.25, -0.2) is 9.37 Å². The van der Waals surface area contributed by atoms with Crippen LogP contribution in [0, 0.1) is 17.7 Å². The standard InChI is InChI=1S/C59H75FN10O8/c1-12-59(7,8)70-33-40(42-16-13-14-17-47(42)70)31-46-56(76)68(10)49(26-34(2)3)53(73)63-45(30-38-21-24-43-39(28-38)32-61-58(66-43)78-11)51(71)62-36(6)55(75)67(9)48-18-15-25-69(57(48)77)50(27-35(4)5)54(74)64-44(52(72)65-46)29-37-19-22-41(60)23-20-37/h12-14,16-17,19-24,28,32-36,44-46,48-50H,1,15,18,25-27,29-31H2,2-11H3,(H,62,71)(H,63,73)(H,64,74)(H,65,72)/t36-,44-,45-,46-,48-,49-,50-/m0/s1. The van der Waals surface area contributed by atoms with E-state index in [1.54, 1.807) is 24.4 Å². The highest BCUT2D eigenvalue weighted by Gasteiger charge is 2.43. The van der Waals surface area contributed by atoms with E-state index in [1.807, 2.05) is 82.6 Å². The van der Waals surface area contributed by atoms with Crippen LogP contribution in [0.5, 0.6) is 6.01 Å². The van der Waals surface area contributed by atoms with E-state index in [-0.39, 0.29) is 62.9 Å². The zero-order valence-electron chi connectivity index (χ0n) is 46.5. The van der Waals surface area contributed by atoms with Gasteiger partial charge >= 0.3 is 6.01 Å². The third kappa shape index (κ3) is 13.3. The number of nitrogens with one attached hydrogen (secondary N) is 4.